The first-order valence-electron chi connectivity index (χ1n) is 6.48. The van der Waals surface area contributed by atoms with Gasteiger partial charge in [-0.25, -0.2) is 4.98 Å². The summed E-state index contributed by atoms with van der Waals surface area (Å²) in [6.45, 7) is 7.89. The Balaban J connectivity index is 2.50. The highest BCUT2D eigenvalue weighted by molar-refractivity contribution is 5.32. The molecule has 0 saturated heterocycles. The van der Waals surface area contributed by atoms with Crippen molar-refractivity contribution in [2.45, 2.75) is 46.5 Å². The van der Waals surface area contributed by atoms with E-state index in [9.17, 15) is 0 Å². The lowest BCUT2D eigenvalue weighted by Gasteiger charge is -2.09. The molecule has 1 aromatic rings. The fraction of sp³-hybridized carbons (Fsp3) is 0.692. The van der Waals surface area contributed by atoms with Crippen LogP contribution in [0.2, 0.25) is 0 Å². The van der Waals surface area contributed by atoms with Gasteiger partial charge in [0.2, 0.25) is 11.8 Å². The molecule has 1 heterocycles. The summed E-state index contributed by atoms with van der Waals surface area (Å²) in [5, 5.41) is 3.16. The van der Waals surface area contributed by atoms with E-state index in [4.69, 9.17) is 4.74 Å². The highest BCUT2D eigenvalue weighted by atomic mass is 16.5. The first-order valence-corrected chi connectivity index (χ1v) is 6.48. The molecular formula is C13H23N3O. The van der Waals surface area contributed by atoms with E-state index in [1.54, 1.807) is 6.20 Å². The van der Waals surface area contributed by atoms with Crippen LogP contribution in [0.3, 0.4) is 0 Å². The molecule has 1 aromatic heterocycles. The van der Waals surface area contributed by atoms with Crippen molar-refractivity contribution in [3.8, 4) is 5.88 Å². The van der Waals surface area contributed by atoms with Crippen LogP contribution in [0, 0.1) is 6.92 Å². The first-order chi connectivity index (χ1) is 8.27. The van der Waals surface area contributed by atoms with Gasteiger partial charge in [-0.05, 0) is 19.8 Å². The van der Waals surface area contributed by atoms with Crippen molar-refractivity contribution in [3.63, 3.8) is 0 Å². The highest BCUT2D eigenvalue weighted by Gasteiger charge is 2.04. The lowest BCUT2D eigenvalue weighted by molar-refractivity contribution is 0.292. The largest absolute Gasteiger partial charge is 0.477 e. The lowest BCUT2D eigenvalue weighted by Crippen LogP contribution is -2.07. The Kier molecular flexibility index (Phi) is 6.37. The number of aryl methyl sites for hydroxylation is 1. The number of aromatic nitrogens is 2. The summed E-state index contributed by atoms with van der Waals surface area (Å²) < 4.78 is 5.67. The second-order valence-electron chi connectivity index (χ2n) is 4.16. The predicted molar refractivity (Wildman–Crippen MR) is 70.6 cm³/mol. The molecule has 0 radical (unpaired) electrons. The van der Waals surface area contributed by atoms with E-state index in [1.165, 1.54) is 12.8 Å². The van der Waals surface area contributed by atoms with Gasteiger partial charge in [0.05, 0.1) is 6.61 Å². The molecular weight excluding hydrogens is 214 g/mol. The molecule has 0 atom stereocenters. The summed E-state index contributed by atoms with van der Waals surface area (Å²) >= 11 is 0. The molecule has 0 aromatic carbocycles. The minimum absolute atomic E-state index is 0.656. The molecule has 4 nitrogen and oxygen atoms in total. The number of rotatable bonds is 8. The van der Waals surface area contributed by atoms with Gasteiger partial charge in [0, 0.05) is 18.3 Å². The Morgan fingerprint density at radius 2 is 2.06 bits per heavy atom. The van der Waals surface area contributed by atoms with Gasteiger partial charge in [0.25, 0.3) is 0 Å². The van der Waals surface area contributed by atoms with Gasteiger partial charge in [-0.15, -0.1) is 0 Å². The monoisotopic (exact) mass is 237 g/mol. The fourth-order valence-corrected chi connectivity index (χ4v) is 1.42. The summed E-state index contributed by atoms with van der Waals surface area (Å²) in [4.78, 5) is 8.58. The van der Waals surface area contributed by atoms with Crippen molar-refractivity contribution >= 4 is 5.95 Å². The van der Waals surface area contributed by atoms with Crippen molar-refractivity contribution in [3.05, 3.63) is 11.8 Å². The molecule has 1 rings (SSSR count). The zero-order chi connectivity index (χ0) is 12.5. The Morgan fingerprint density at radius 1 is 1.24 bits per heavy atom. The highest BCUT2D eigenvalue weighted by Crippen LogP contribution is 2.15. The molecule has 0 bridgehead atoms. The number of nitrogens with zero attached hydrogens (tertiary/aromatic N) is 2. The second-order valence-corrected chi connectivity index (χ2v) is 4.16. The van der Waals surface area contributed by atoms with E-state index in [-0.39, 0.29) is 0 Å². The fourth-order valence-electron chi connectivity index (χ4n) is 1.42. The van der Waals surface area contributed by atoms with E-state index in [0.717, 1.165) is 31.6 Å². The number of anilines is 1. The van der Waals surface area contributed by atoms with E-state index in [0.29, 0.717) is 11.8 Å². The van der Waals surface area contributed by atoms with Crippen LogP contribution in [0.15, 0.2) is 6.20 Å². The molecule has 96 valence electrons. The standard InChI is InChI=1S/C13H23N3O/c1-4-6-7-9-17-12-11(3)10-15-13(16-12)14-8-5-2/h10H,4-9H2,1-3H3,(H,14,15,16). The van der Waals surface area contributed by atoms with Crippen LogP contribution in [0.1, 0.15) is 45.1 Å². The second kappa shape index (κ2) is 7.87. The predicted octanol–water partition coefficient (Wildman–Crippen LogP) is 3.18. The van der Waals surface area contributed by atoms with Crippen LogP contribution in [-0.4, -0.2) is 23.1 Å². The van der Waals surface area contributed by atoms with Gasteiger partial charge in [0.1, 0.15) is 0 Å². The summed E-state index contributed by atoms with van der Waals surface area (Å²) in [5.74, 6) is 1.36. The third kappa shape index (κ3) is 5.02. The van der Waals surface area contributed by atoms with E-state index < -0.39 is 0 Å². The zero-order valence-corrected chi connectivity index (χ0v) is 11.1. The lowest BCUT2D eigenvalue weighted by atomic mass is 10.3. The van der Waals surface area contributed by atoms with Crippen molar-refractivity contribution in [2.75, 3.05) is 18.5 Å². The molecule has 0 amide bonds. The maximum absolute atomic E-state index is 5.67. The number of nitrogens with one attached hydrogen (secondary N) is 1. The summed E-state index contributed by atoms with van der Waals surface area (Å²) in [7, 11) is 0. The van der Waals surface area contributed by atoms with Gasteiger partial charge >= 0.3 is 0 Å². The molecule has 0 aliphatic heterocycles. The third-order valence-corrected chi connectivity index (χ3v) is 2.45. The molecule has 1 N–H and O–H groups in total. The van der Waals surface area contributed by atoms with Gasteiger partial charge < -0.3 is 10.1 Å². The van der Waals surface area contributed by atoms with Crippen LogP contribution in [-0.2, 0) is 0 Å². The van der Waals surface area contributed by atoms with Crippen LogP contribution in [0.4, 0.5) is 5.95 Å². The summed E-state index contributed by atoms with van der Waals surface area (Å²) in [6, 6.07) is 0. The maximum atomic E-state index is 5.67. The Labute approximate surface area is 104 Å². The normalized spacial score (nSPS) is 10.3. The summed E-state index contributed by atoms with van der Waals surface area (Å²) in [6.07, 6.45) is 6.35. The number of unbranched alkanes of at least 4 members (excludes halogenated alkanes) is 2. The van der Waals surface area contributed by atoms with Gasteiger partial charge in [0.15, 0.2) is 0 Å². The Bertz CT molecular complexity index is 328. The van der Waals surface area contributed by atoms with Crippen molar-refractivity contribution in [2.24, 2.45) is 0 Å². The van der Waals surface area contributed by atoms with E-state index in [2.05, 4.69) is 29.1 Å². The average molecular weight is 237 g/mol. The molecule has 0 aliphatic rings. The third-order valence-electron chi connectivity index (χ3n) is 2.45. The maximum Gasteiger partial charge on any atom is 0.225 e. The smallest absolute Gasteiger partial charge is 0.225 e. The molecule has 0 unspecified atom stereocenters. The topological polar surface area (TPSA) is 47.0 Å². The van der Waals surface area contributed by atoms with Crippen LogP contribution in [0.5, 0.6) is 5.88 Å². The SMILES string of the molecule is CCCCCOc1nc(NCCC)ncc1C. The van der Waals surface area contributed by atoms with Crippen molar-refractivity contribution in [1.29, 1.82) is 0 Å². The molecule has 0 saturated carbocycles. The molecule has 0 spiro atoms. The molecule has 17 heavy (non-hydrogen) atoms. The first kappa shape index (κ1) is 13.7. The van der Waals surface area contributed by atoms with E-state index in [1.807, 2.05) is 6.92 Å². The molecule has 0 aliphatic carbocycles. The quantitative estimate of drug-likeness (QED) is 0.705. The zero-order valence-electron chi connectivity index (χ0n) is 11.1. The molecule has 4 heteroatoms. The van der Waals surface area contributed by atoms with Gasteiger partial charge in [-0.3, -0.25) is 0 Å². The van der Waals surface area contributed by atoms with Crippen LogP contribution >= 0.6 is 0 Å². The van der Waals surface area contributed by atoms with E-state index >= 15 is 0 Å². The minimum Gasteiger partial charge on any atom is -0.477 e. The molecule has 0 fully saturated rings. The minimum atomic E-state index is 0.656. The Hall–Kier alpha value is -1.32. The Morgan fingerprint density at radius 3 is 2.76 bits per heavy atom. The van der Waals surface area contributed by atoms with Crippen LogP contribution in [0.25, 0.3) is 0 Å². The average Bonchev–Trinajstić information content (AvgIpc) is 2.35. The number of ether oxygens (including phenoxy) is 1. The number of hydrogen-bond acceptors (Lipinski definition) is 4. The van der Waals surface area contributed by atoms with Crippen molar-refractivity contribution < 1.29 is 4.74 Å². The van der Waals surface area contributed by atoms with Crippen LogP contribution < -0.4 is 10.1 Å². The number of hydrogen-bond donors (Lipinski definition) is 1. The van der Waals surface area contributed by atoms with Crippen molar-refractivity contribution in [1.82, 2.24) is 9.97 Å². The summed E-state index contributed by atoms with van der Waals surface area (Å²) in [5.41, 5.74) is 0.989. The van der Waals surface area contributed by atoms with Gasteiger partial charge in [-0.1, -0.05) is 26.7 Å². The van der Waals surface area contributed by atoms with Gasteiger partial charge in [-0.2, -0.15) is 4.98 Å².